The maximum atomic E-state index is 12.4. The number of amides is 1. The van der Waals surface area contributed by atoms with Crippen LogP contribution < -0.4 is 15.4 Å². The van der Waals surface area contributed by atoms with E-state index in [2.05, 4.69) is 15.4 Å². The quantitative estimate of drug-likeness (QED) is 0.562. The number of methoxy groups -OCH3 is 1. The molecule has 1 aliphatic heterocycles. The number of halogens is 1. The van der Waals surface area contributed by atoms with Crippen LogP contribution >= 0.6 is 12.4 Å². The van der Waals surface area contributed by atoms with Gasteiger partial charge in [-0.3, -0.25) is 4.79 Å². The number of nitrogens with one attached hydrogen (secondary N) is 3. The van der Waals surface area contributed by atoms with Gasteiger partial charge in [-0.1, -0.05) is 0 Å². The SMILES string of the molecule is COCC1(C(=O)NCCS(=O)(=O)NC(C)C)CCNCC1.Cl. The van der Waals surface area contributed by atoms with Gasteiger partial charge in [0, 0.05) is 19.7 Å². The number of carbonyl (C=O) groups is 1. The summed E-state index contributed by atoms with van der Waals surface area (Å²) in [6.07, 6.45) is 1.40. The van der Waals surface area contributed by atoms with Crippen molar-refractivity contribution in [1.29, 1.82) is 0 Å². The first-order valence-corrected chi connectivity index (χ1v) is 8.94. The van der Waals surface area contributed by atoms with E-state index in [1.54, 1.807) is 21.0 Å². The van der Waals surface area contributed by atoms with Crippen molar-refractivity contribution in [3.63, 3.8) is 0 Å². The molecule has 7 nitrogen and oxygen atoms in total. The van der Waals surface area contributed by atoms with Gasteiger partial charge in [0.25, 0.3) is 0 Å². The molecule has 132 valence electrons. The lowest BCUT2D eigenvalue weighted by atomic mass is 9.78. The average molecular weight is 358 g/mol. The Bertz CT molecular complexity index is 431. The van der Waals surface area contributed by atoms with Crippen LogP contribution in [0.15, 0.2) is 0 Å². The second-order valence-corrected chi connectivity index (χ2v) is 7.68. The molecule has 22 heavy (non-hydrogen) atoms. The Balaban J connectivity index is 0.00000441. The Morgan fingerprint density at radius 2 is 1.91 bits per heavy atom. The second kappa shape index (κ2) is 9.67. The van der Waals surface area contributed by atoms with E-state index in [4.69, 9.17) is 4.74 Å². The van der Waals surface area contributed by atoms with Crippen molar-refractivity contribution in [2.24, 2.45) is 5.41 Å². The third-order valence-corrected chi connectivity index (χ3v) is 5.11. The van der Waals surface area contributed by atoms with Gasteiger partial charge < -0.3 is 15.4 Å². The van der Waals surface area contributed by atoms with Crippen molar-refractivity contribution in [2.75, 3.05) is 39.1 Å². The number of carbonyl (C=O) groups excluding carboxylic acids is 1. The van der Waals surface area contributed by atoms with Crippen LogP contribution in [0, 0.1) is 5.41 Å². The van der Waals surface area contributed by atoms with Crippen molar-refractivity contribution in [3.05, 3.63) is 0 Å². The molecule has 1 aliphatic rings. The number of ether oxygens (including phenoxy) is 1. The minimum atomic E-state index is -3.35. The fraction of sp³-hybridized carbons (Fsp3) is 0.923. The van der Waals surface area contributed by atoms with Gasteiger partial charge in [0.05, 0.1) is 17.8 Å². The zero-order chi connectivity index (χ0) is 15.9. The third-order valence-electron chi connectivity index (χ3n) is 3.53. The van der Waals surface area contributed by atoms with E-state index in [1.165, 1.54) is 0 Å². The molecule has 1 saturated heterocycles. The maximum Gasteiger partial charge on any atom is 0.228 e. The smallest absolute Gasteiger partial charge is 0.228 e. The van der Waals surface area contributed by atoms with E-state index < -0.39 is 15.4 Å². The fourth-order valence-corrected chi connectivity index (χ4v) is 3.73. The van der Waals surface area contributed by atoms with E-state index in [0.29, 0.717) is 19.4 Å². The first-order valence-electron chi connectivity index (χ1n) is 7.29. The normalized spacial score (nSPS) is 17.8. The Morgan fingerprint density at radius 1 is 1.32 bits per heavy atom. The van der Waals surface area contributed by atoms with Gasteiger partial charge in [0.1, 0.15) is 0 Å². The zero-order valence-corrected chi connectivity index (χ0v) is 15.1. The number of rotatable bonds is 8. The standard InChI is InChI=1S/C13H27N3O4S.ClH/c1-11(2)16-21(18,19)9-8-15-12(17)13(10-20-3)4-6-14-7-5-13;/h11,14,16H,4-10H2,1-3H3,(H,15,17);1H. The van der Waals surface area contributed by atoms with Crippen molar-refractivity contribution in [1.82, 2.24) is 15.4 Å². The molecular formula is C13H28ClN3O4S. The van der Waals surface area contributed by atoms with Crippen LogP contribution in [0.25, 0.3) is 0 Å². The number of piperidine rings is 1. The first-order chi connectivity index (χ1) is 9.81. The molecule has 0 aromatic carbocycles. The highest BCUT2D eigenvalue weighted by atomic mass is 35.5. The molecule has 3 N–H and O–H groups in total. The fourth-order valence-electron chi connectivity index (χ4n) is 2.52. The summed E-state index contributed by atoms with van der Waals surface area (Å²) in [6.45, 7) is 5.53. The monoisotopic (exact) mass is 357 g/mol. The molecule has 0 spiro atoms. The van der Waals surface area contributed by atoms with Gasteiger partial charge in [-0.2, -0.15) is 0 Å². The molecule has 0 atom stereocenters. The van der Waals surface area contributed by atoms with Crippen LogP contribution in [0.1, 0.15) is 26.7 Å². The molecule has 1 heterocycles. The van der Waals surface area contributed by atoms with Crippen molar-refractivity contribution >= 4 is 28.3 Å². The molecule has 9 heteroatoms. The Hall–Kier alpha value is -0.410. The minimum absolute atomic E-state index is 0. The molecule has 1 rings (SSSR count). The molecule has 0 radical (unpaired) electrons. The topological polar surface area (TPSA) is 96.5 Å². The molecule has 0 saturated carbocycles. The van der Waals surface area contributed by atoms with Gasteiger partial charge in [-0.25, -0.2) is 13.1 Å². The van der Waals surface area contributed by atoms with Crippen LogP contribution in [0.3, 0.4) is 0 Å². The molecule has 1 fully saturated rings. The van der Waals surface area contributed by atoms with Crippen LogP contribution in [0.2, 0.25) is 0 Å². The summed E-state index contributed by atoms with van der Waals surface area (Å²) in [4.78, 5) is 12.4. The Morgan fingerprint density at radius 3 is 2.41 bits per heavy atom. The van der Waals surface area contributed by atoms with Crippen LogP contribution in [0.4, 0.5) is 0 Å². The zero-order valence-electron chi connectivity index (χ0n) is 13.5. The number of hydrogen-bond acceptors (Lipinski definition) is 5. The van der Waals surface area contributed by atoms with Crippen LogP contribution in [0.5, 0.6) is 0 Å². The lowest BCUT2D eigenvalue weighted by Gasteiger charge is -2.35. The highest BCUT2D eigenvalue weighted by molar-refractivity contribution is 7.89. The minimum Gasteiger partial charge on any atom is -0.384 e. The lowest BCUT2D eigenvalue weighted by Crippen LogP contribution is -2.51. The summed E-state index contributed by atoms with van der Waals surface area (Å²) in [5.74, 6) is -0.233. The van der Waals surface area contributed by atoms with Gasteiger partial charge in [-0.05, 0) is 39.8 Å². The average Bonchev–Trinajstić information content (AvgIpc) is 2.38. The van der Waals surface area contributed by atoms with Crippen LogP contribution in [-0.2, 0) is 19.6 Å². The predicted molar refractivity (Wildman–Crippen MR) is 88.7 cm³/mol. The van der Waals surface area contributed by atoms with Gasteiger partial charge in [-0.15, -0.1) is 12.4 Å². The lowest BCUT2D eigenvalue weighted by molar-refractivity contribution is -0.136. The van der Waals surface area contributed by atoms with Crippen LogP contribution in [-0.4, -0.2) is 59.5 Å². The van der Waals surface area contributed by atoms with E-state index in [9.17, 15) is 13.2 Å². The number of hydrogen-bond donors (Lipinski definition) is 3. The Kier molecular flexibility index (Phi) is 9.49. The van der Waals surface area contributed by atoms with Gasteiger partial charge >= 0.3 is 0 Å². The highest BCUT2D eigenvalue weighted by Gasteiger charge is 2.39. The van der Waals surface area contributed by atoms with Gasteiger partial charge in [0.2, 0.25) is 15.9 Å². The Labute approximate surface area is 139 Å². The first kappa shape index (κ1) is 21.6. The molecule has 0 aromatic rings. The molecule has 0 unspecified atom stereocenters. The molecule has 0 bridgehead atoms. The molecular weight excluding hydrogens is 330 g/mol. The van der Waals surface area contributed by atoms with Gasteiger partial charge in [0.15, 0.2) is 0 Å². The summed E-state index contributed by atoms with van der Waals surface area (Å²) in [5.41, 5.74) is -0.546. The van der Waals surface area contributed by atoms with E-state index in [1.807, 2.05) is 0 Å². The summed E-state index contributed by atoms with van der Waals surface area (Å²) in [5, 5.41) is 5.95. The van der Waals surface area contributed by atoms with E-state index in [-0.39, 0.29) is 36.7 Å². The summed E-state index contributed by atoms with van der Waals surface area (Å²) in [7, 11) is -1.77. The van der Waals surface area contributed by atoms with E-state index >= 15 is 0 Å². The maximum absolute atomic E-state index is 12.4. The van der Waals surface area contributed by atoms with Crippen molar-refractivity contribution < 1.29 is 17.9 Å². The highest BCUT2D eigenvalue weighted by Crippen LogP contribution is 2.29. The predicted octanol–water partition coefficient (Wildman–Crippen LogP) is -0.132. The summed E-state index contributed by atoms with van der Waals surface area (Å²) in [6, 6.07) is -0.144. The molecule has 0 aromatic heterocycles. The van der Waals surface area contributed by atoms with Crippen molar-refractivity contribution in [2.45, 2.75) is 32.7 Å². The largest absolute Gasteiger partial charge is 0.384 e. The number of sulfonamides is 1. The second-order valence-electron chi connectivity index (χ2n) is 5.81. The molecule has 0 aliphatic carbocycles. The third kappa shape index (κ3) is 6.78. The van der Waals surface area contributed by atoms with E-state index in [0.717, 1.165) is 13.1 Å². The summed E-state index contributed by atoms with van der Waals surface area (Å²) >= 11 is 0. The summed E-state index contributed by atoms with van der Waals surface area (Å²) < 4.78 is 31.1. The van der Waals surface area contributed by atoms with Crippen molar-refractivity contribution in [3.8, 4) is 0 Å². The molecule has 1 amide bonds.